The maximum atomic E-state index is 13.1. The van der Waals surface area contributed by atoms with E-state index in [0.29, 0.717) is 26.2 Å². The molecule has 0 aliphatic carbocycles. The molecule has 0 amide bonds. The van der Waals surface area contributed by atoms with E-state index in [4.69, 9.17) is 28.9 Å². The number of hydrogen-bond donors (Lipinski definition) is 1. The molecule has 0 aliphatic heterocycles. The molecule has 0 fully saturated rings. The smallest absolute Gasteiger partial charge is 0.123 e. The van der Waals surface area contributed by atoms with Crippen LogP contribution in [0.15, 0.2) is 41.3 Å². The molecule has 2 N–H and O–H groups in total. The van der Waals surface area contributed by atoms with Gasteiger partial charge < -0.3 is 5.73 Å². The monoisotopic (exact) mass is 317 g/mol. The molecule has 2 nitrogen and oxygen atoms in total. The van der Waals surface area contributed by atoms with E-state index in [1.165, 1.54) is 24.3 Å². The van der Waals surface area contributed by atoms with Crippen molar-refractivity contribution in [2.24, 2.45) is 0 Å². The topological polar surface area (TPSA) is 43.1 Å². The lowest BCUT2D eigenvalue weighted by Gasteiger charge is -2.08. The van der Waals surface area contributed by atoms with Crippen molar-refractivity contribution < 1.29 is 8.60 Å². The fourth-order valence-electron chi connectivity index (χ4n) is 1.57. The van der Waals surface area contributed by atoms with Gasteiger partial charge in [0.15, 0.2) is 0 Å². The Balaban J connectivity index is 2.30. The molecule has 2 aromatic carbocycles. The molecule has 0 spiro atoms. The van der Waals surface area contributed by atoms with Gasteiger partial charge in [0, 0.05) is 10.7 Å². The van der Waals surface area contributed by atoms with Crippen LogP contribution in [0.5, 0.6) is 0 Å². The molecule has 0 heterocycles. The number of halogens is 3. The number of hydrogen-bond acceptors (Lipinski definition) is 2. The highest BCUT2D eigenvalue weighted by Gasteiger charge is 2.12. The van der Waals surface area contributed by atoms with Gasteiger partial charge in [-0.15, -0.1) is 0 Å². The van der Waals surface area contributed by atoms with Crippen molar-refractivity contribution in [2.45, 2.75) is 10.6 Å². The number of rotatable bonds is 3. The van der Waals surface area contributed by atoms with Crippen molar-refractivity contribution >= 4 is 39.7 Å². The second-order valence-corrected chi connectivity index (χ2v) is 6.17. The molecule has 0 saturated carbocycles. The SMILES string of the molecule is Nc1ccc(F)cc1CS(=O)c1cc(Cl)ccc1Cl. The van der Waals surface area contributed by atoms with Gasteiger partial charge in [0.05, 0.1) is 26.5 Å². The highest BCUT2D eigenvalue weighted by molar-refractivity contribution is 7.84. The Morgan fingerprint density at radius 2 is 1.89 bits per heavy atom. The number of benzene rings is 2. The molecule has 1 unspecified atom stereocenters. The normalized spacial score (nSPS) is 12.4. The van der Waals surface area contributed by atoms with Gasteiger partial charge in [-0.25, -0.2) is 4.39 Å². The zero-order valence-electron chi connectivity index (χ0n) is 9.70. The van der Waals surface area contributed by atoms with Crippen molar-refractivity contribution in [3.63, 3.8) is 0 Å². The van der Waals surface area contributed by atoms with Crippen molar-refractivity contribution in [3.8, 4) is 0 Å². The molecule has 0 aliphatic rings. The molecule has 19 heavy (non-hydrogen) atoms. The van der Waals surface area contributed by atoms with Crippen LogP contribution in [0.2, 0.25) is 10.0 Å². The first kappa shape index (κ1) is 14.3. The second-order valence-electron chi connectivity index (χ2n) is 3.91. The summed E-state index contributed by atoms with van der Waals surface area (Å²) < 4.78 is 25.4. The molecule has 2 aromatic rings. The van der Waals surface area contributed by atoms with Gasteiger partial charge in [-0.3, -0.25) is 4.21 Å². The summed E-state index contributed by atoms with van der Waals surface area (Å²) in [5.74, 6) is -0.331. The van der Waals surface area contributed by atoms with Gasteiger partial charge >= 0.3 is 0 Å². The summed E-state index contributed by atoms with van der Waals surface area (Å²) in [5.41, 5.74) is 6.60. The largest absolute Gasteiger partial charge is 0.398 e. The number of nitrogen functional groups attached to an aromatic ring is 1. The van der Waals surface area contributed by atoms with Gasteiger partial charge in [0.25, 0.3) is 0 Å². The Bertz CT molecular complexity index is 649. The van der Waals surface area contributed by atoms with Gasteiger partial charge in [-0.2, -0.15) is 0 Å². The third kappa shape index (κ3) is 3.47. The van der Waals surface area contributed by atoms with Gasteiger partial charge in [-0.1, -0.05) is 23.2 Å². The minimum absolute atomic E-state index is 0.0870. The van der Waals surface area contributed by atoms with Crippen LogP contribution >= 0.6 is 23.2 Å². The lowest BCUT2D eigenvalue weighted by Crippen LogP contribution is -2.01. The Hall–Kier alpha value is -1.10. The summed E-state index contributed by atoms with van der Waals surface area (Å²) in [6, 6.07) is 8.70. The third-order valence-electron chi connectivity index (χ3n) is 2.53. The summed E-state index contributed by atoms with van der Waals surface area (Å²) in [5, 5.41) is 0.803. The standard InChI is InChI=1S/C13H10Cl2FNOS/c14-9-1-3-11(15)13(6-9)19(18)7-8-5-10(16)2-4-12(8)17/h1-6H,7,17H2. The van der Waals surface area contributed by atoms with Crippen LogP contribution in [0, 0.1) is 5.82 Å². The first-order chi connectivity index (χ1) is 8.97. The zero-order valence-corrected chi connectivity index (χ0v) is 12.0. The fourth-order valence-corrected chi connectivity index (χ4v) is 3.41. The minimum Gasteiger partial charge on any atom is -0.398 e. The predicted molar refractivity (Wildman–Crippen MR) is 77.4 cm³/mol. The van der Waals surface area contributed by atoms with E-state index in [2.05, 4.69) is 0 Å². The molecule has 0 aromatic heterocycles. The number of anilines is 1. The van der Waals surface area contributed by atoms with Crippen molar-refractivity contribution in [3.05, 3.63) is 57.8 Å². The van der Waals surface area contributed by atoms with Crippen molar-refractivity contribution in [1.82, 2.24) is 0 Å². The molecule has 100 valence electrons. The van der Waals surface area contributed by atoms with Gasteiger partial charge in [0.2, 0.25) is 0 Å². The molecule has 1 atom stereocenters. The molecule has 0 saturated heterocycles. The van der Waals surface area contributed by atoms with Gasteiger partial charge in [0.1, 0.15) is 5.82 Å². The van der Waals surface area contributed by atoms with Crippen LogP contribution in [0.3, 0.4) is 0 Å². The maximum Gasteiger partial charge on any atom is 0.123 e. The summed E-state index contributed by atoms with van der Waals surface area (Å²) >= 11 is 11.8. The Labute approximate surface area is 122 Å². The molecular formula is C13H10Cl2FNOS. The van der Waals surface area contributed by atoms with E-state index < -0.39 is 16.6 Å². The quantitative estimate of drug-likeness (QED) is 0.869. The van der Waals surface area contributed by atoms with Crippen molar-refractivity contribution in [2.75, 3.05) is 5.73 Å². The summed E-state index contributed by atoms with van der Waals surface area (Å²) in [6.07, 6.45) is 0. The lowest BCUT2D eigenvalue weighted by molar-refractivity contribution is 0.626. The van der Waals surface area contributed by atoms with Crippen LogP contribution in [0.25, 0.3) is 0 Å². The number of nitrogens with two attached hydrogens (primary N) is 1. The fraction of sp³-hybridized carbons (Fsp3) is 0.0769. The van der Waals surface area contributed by atoms with E-state index in [1.807, 2.05) is 0 Å². The minimum atomic E-state index is -1.44. The third-order valence-corrected chi connectivity index (χ3v) is 4.61. The Morgan fingerprint density at radius 3 is 2.63 bits per heavy atom. The molecule has 0 bridgehead atoms. The Morgan fingerprint density at radius 1 is 1.16 bits per heavy atom. The summed E-state index contributed by atoms with van der Waals surface area (Å²) in [6.45, 7) is 0. The predicted octanol–water partition coefficient (Wildman–Crippen LogP) is 4.02. The second kappa shape index (κ2) is 5.90. The summed E-state index contributed by atoms with van der Waals surface area (Å²) in [4.78, 5) is 0.415. The van der Waals surface area contributed by atoms with E-state index in [1.54, 1.807) is 12.1 Å². The first-order valence-corrected chi connectivity index (χ1v) is 7.42. The van der Waals surface area contributed by atoms with Crippen LogP contribution in [-0.4, -0.2) is 4.21 Å². The molecule has 6 heteroatoms. The molecular weight excluding hydrogens is 308 g/mol. The zero-order chi connectivity index (χ0) is 14.0. The van der Waals surface area contributed by atoms with Crippen molar-refractivity contribution in [1.29, 1.82) is 0 Å². The van der Waals surface area contributed by atoms with Crippen LogP contribution in [0.4, 0.5) is 10.1 Å². The first-order valence-electron chi connectivity index (χ1n) is 5.34. The molecule has 0 radical (unpaired) electrons. The van der Waals surface area contributed by atoms with Crippen LogP contribution in [-0.2, 0) is 16.6 Å². The van der Waals surface area contributed by atoms with Gasteiger partial charge in [-0.05, 0) is 42.0 Å². The molecule has 2 rings (SSSR count). The average Bonchev–Trinajstić information content (AvgIpc) is 2.36. The summed E-state index contributed by atoms with van der Waals surface area (Å²) in [7, 11) is -1.44. The average molecular weight is 318 g/mol. The van der Waals surface area contributed by atoms with Crippen LogP contribution in [0.1, 0.15) is 5.56 Å². The van der Waals surface area contributed by atoms with E-state index in [0.717, 1.165) is 0 Å². The lowest BCUT2D eigenvalue weighted by atomic mass is 10.2. The maximum absolute atomic E-state index is 13.1. The van der Waals surface area contributed by atoms with E-state index in [9.17, 15) is 8.60 Å². The van der Waals surface area contributed by atoms with Crippen LogP contribution < -0.4 is 5.73 Å². The van der Waals surface area contributed by atoms with E-state index in [-0.39, 0.29) is 5.75 Å². The highest BCUT2D eigenvalue weighted by atomic mass is 35.5. The Kier molecular flexibility index (Phi) is 4.45. The highest BCUT2D eigenvalue weighted by Crippen LogP contribution is 2.26. The van der Waals surface area contributed by atoms with E-state index >= 15 is 0 Å².